The fourth-order valence-electron chi connectivity index (χ4n) is 3.14. The Morgan fingerprint density at radius 3 is 2.85 bits per heavy atom. The van der Waals surface area contributed by atoms with Crippen LogP contribution in [0.15, 0.2) is 23.3 Å². The third-order valence-electron chi connectivity index (χ3n) is 4.23. The summed E-state index contributed by atoms with van der Waals surface area (Å²) in [7, 11) is 0. The zero-order chi connectivity index (χ0) is 14.5. The van der Waals surface area contributed by atoms with Gasteiger partial charge in [0.05, 0.1) is 0 Å². The molecule has 0 bridgehead atoms. The van der Waals surface area contributed by atoms with Gasteiger partial charge in [0, 0.05) is 31.0 Å². The molecule has 0 spiro atoms. The molecule has 0 saturated heterocycles. The van der Waals surface area contributed by atoms with E-state index in [0.29, 0.717) is 19.0 Å². The lowest BCUT2D eigenvalue weighted by molar-refractivity contribution is 0.0558. The van der Waals surface area contributed by atoms with Crippen molar-refractivity contribution < 1.29 is 4.79 Å². The molecule has 1 aliphatic carbocycles. The highest BCUT2D eigenvalue weighted by Crippen LogP contribution is 2.28. The van der Waals surface area contributed by atoms with Gasteiger partial charge in [-0.1, -0.05) is 12.8 Å². The molecule has 3 N–H and O–H groups in total. The highest BCUT2D eigenvalue weighted by atomic mass is 16.2. The zero-order valence-corrected chi connectivity index (χ0v) is 12.0. The Kier molecular flexibility index (Phi) is 4.95. The molecule has 110 valence electrons. The molecule has 1 fully saturated rings. The summed E-state index contributed by atoms with van der Waals surface area (Å²) in [6.45, 7) is 3.16. The lowest BCUT2D eigenvalue weighted by Crippen LogP contribution is -2.48. The van der Waals surface area contributed by atoms with Crippen molar-refractivity contribution in [2.45, 2.75) is 38.6 Å². The van der Waals surface area contributed by atoms with Crippen molar-refractivity contribution in [2.24, 2.45) is 11.7 Å². The third kappa shape index (κ3) is 2.93. The van der Waals surface area contributed by atoms with E-state index >= 15 is 0 Å². The van der Waals surface area contributed by atoms with E-state index in [1.165, 1.54) is 18.7 Å². The first-order valence-corrected chi connectivity index (χ1v) is 7.37. The summed E-state index contributed by atoms with van der Waals surface area (Å²) in [6, 6.07) is 1.55. The van der Waals surface area contributed by atoms with Gasteiger partial charge >= 0.3 is 0 Å². The third-order valence-corrected chi connectivity index (χ3v) is 4.23. The first kappa shape index (κ1) is 14.8. The Morgan fingerprint density at radius 1 is 1.45 bits per heavy atom. The van der Waals surface area contributed by atoms with Gasteiger partial charge in [0.1, 0.15) is 5.56 Å². The van der Waals surface area contributed by atoms with Crippen molar-refractivity contribution in [3.8, 4) is 0 Å². The first-order chi connectivity index (χ1) is 9.69. The summed E-state index contributed by atoms with van der Waals surface area (Å²) in [5.74, 6) is 0.162. The topological polar surface area (TPSA) is 79.2 Å². The van der Waals surface area contributed by atoms with Crippen LogP contribution < -0.4 is 11.2 Å². The van der Waals surface area contributed by atoms with Crippen LogP contribution in [0.4, 0.5) is 0 Å². The molecule has 5 heteroatoms. The maximum Gasteiger partial charge on any atom is 0.259 e. The Bertz CT molecular complexity index is 512. The minimum atomic E-state index is -0.229. The maximum atomic E-state index is 12.6. The Morgan fingerprint density at radius 2 is 2.20 bits per heavy atom. The molecule has 20 heavy (non-hydrogen) atoms. The molecule has 2 rings (SSSR count). The second kappa shape index (κ2) is 6.70. The quantitative estimate of drug-likeness (QED) is 0.872. The predicted molar refractivity (Wildman–Crippen MR) is 78.6 cm³/mol. The van der Waals surface area contributed by atoms with Crippen LogP contribution in [0.3, 0.4) is 0 Å². The van der Waals surface area contributed by atoms with E-state index in [0.717, 1.165) is 19.3 Å². The molecule has 5 nitrogen and oxygen atoms in total. The van der Waals surface area contributed by atoms with Gasteiger partial charge in [-0.15, -0.1) is 0 Å². The number of hydrogen-bond donors (Lipinski definition) is 2. The lowest BCUT2D eigenvalue weighted by Gasteiger charge is -2.39. The second-order valence-electron chi connectivity index (χ2n) is 5.36. The average molecular weight is 277 g/mol. The number of hydrogen-bond acceptors (Lipinski definition) is 3. The smallest absolute Gasteiger partial charge is 0.259 e. The molecule has 0 aliphatic heterocycles. The van der Waals surface area contributed by atoms with Crippen LogP contribution in [0, 0.1) is 5.92 Å². The number of amides is 1. The average Bonchev–Trinajstić information content (AvgIpc) is 2.49. The molecule has 1 heterocycles. The van der Waals surface area contributed by atoms with E-state index in [2.05, 4.69) is 4.98 Å². The molecule has 1 saturated carbocycles. The maximum absolute atomic E-state index is 12.6. The van der Waals surface area contributed by atoms with Gasteiger partial charge < -0.3 is 15.6 Å². The molecule has 0 aromatic carbocycles. The number of aromatic amines is 1. The predicted octanol–water partition coefficient (Wildman–Crippen LogP) is 1.35. The van der Waals surface area contributed by atoms with Gasteiger partial charge in [0.25, 0.3) is 5.91 Å². The van der Waals surface area contributed by atoms with Gasteiger partial charge in [0.2, 0.25) is 0 Å². The van der Waals surface area contributed by atoms with Crippen molar-refractivity contribution in [1.82, 2.24) is 9.88 Å². The van der Waals surface area contributed by atoms with Gasteiger partial charge in [-0.25, -0.2) is 0 Å². The number of rotatable bonds is 4. The molecule has 1 aromatic rings. The number of nitrogens with two attached hydrogens (primary N) is 1. The minimum Gasteiger partial charge on any atom is -0.367 e. The van der Waals surface area contributed by atoms with Crippen molar-refractivity contribution in [2.75, 3.05) is 13.1 Å². The second-order valence-corrected chi connectivity index (χ2v) is 5.36. The molecular weight excluding hydrogens is 254 g/mol. The van der Waals surface area contributed by atoms with Crippen LogP contribution in [0.2, 0.25) is 0 Å². The molecule has 0 radical (unpaired) electrons. The molecule has 2 atom stereocenters. The summed E-state index contributed by atoms with van der Waals surface area (Å²) in [5, 5.41) is 0. The first-order valence-electron chi connectivity index (χ1n) is 7.37. The van der Waals surface area contributed by atoms with E-state index in [4.69, 9.17) is 5.73 Å². The highest BCUT2D eigenvalue weighted by molar-refractivity contribution is 5.94. The van der Waals surface area contributed by atoms with Crippen molar-refractivity contribution in [1.29, 1.82) is 0 Å². The van der Waals surface area contributed by atoms with Gasteiger partial charge in [0.15, 0.2) is 5.43 Å². The largest absolute Gasteiger partial charge is 0.367 e. The number of pyridine rings is 1. The van der Waals surface area contributed by atoms with Gasteiger partial charge in [-0.3, -0.25) is 9.59 Å². The summed E-state index contributed by atoms with van der Waals surface area (Å²) in [4.78, 5) is 29.1. The number of nitrogens with zero attached hydrogens (tertiary/aromatic N) is 1. The Balaban J connectivity index is 2.25. The normalized spacial score (nSPS) is 22.5. The summed E-state index contributed by atoms with van der Waals surface area (Å²) >= 11 is 0. The lowest BCUT2D eigenvalue weighted by atomic mass is 9.83. The van der Waals surface area contributed by atoms with E-state index in [1.54, 1.807) is 6.20 Å². The highest BCUT2D eigenvalue weighted by Gasteiger charge is 2.32. The van der Waals surface area contributed by atoms with E-state index in [9.17, 15) is 9.59 Å². The molecule has 1 amide bonds. The number of H-pyrrole nitrogens is 1. The zero-order valence-electron chi connectivity index (χ0n) is 12.0. The van der Waals surface area contributed by atoms with E-state index in [1.807, 2.05) is 11.8 Å². The van der Waals surface area contributed by atoms with Crippen LogP contribution in [0.1, 0.15) is 43.0 Å². The monoisotopic (exact) mass is 277 g/mol. The fraction of sp³-hybridized carbons (Fsp3) is 0.600. The van der Waals surface area contributed by atoms with E-state index in [-0.39, 0.29) is 22.9 Å². The summed E-state index contributed by atoms with van der Waals surface area (Å²) < 4.78 is 0. The molecule has 1 aromatic heterocycles. The Hall–Kier alpha value is -1.62. The SMILES string of the molecule is CCN(C(=O)c1c[nH]ccc1=O)C1CCCCC1CN. The summed E-state index contributed by atoms with van der Waals surface area (Å²) in [6.07, 6.45) is 7.38. The van der Waals surface area contributed by atoms with Gasteiger partial charge in [-0.05, 0) is 32.2 Å². The van der Waals surface area contributed by atoms with Crippen molar-refractivity contribution in [3.05, 3.63) is 34.2 Å². The standard InChI is InChI=1S/C15H23N3O2/c1-2-18(13-6-4-3-5-11(13)9-16)15(20)12-10-17-8-7-14(12)19/h7-8,10-11,13H,2-6,9,16H2,1H3,(H,17,19). The van der Waals surface area contributed by atoms with Crippen LogP contribution in [0.5, 0.6) is 0 Å². The van der Waals surface area contributed by atoms with E-state index < -0.39 is 0 Å². The molecule has 1 aliphatic rings. The fourth-order valence-corrected chi connectivity index (χ4v) is 3.14. The van der Waals surface area contributed by atoms with Crippen molar-refractivity contribution in [3.63, 3.8) is 0 Å². The van der Waals surface area contributed by atoms with Crippen LogP contribution in [-0.4, -0.2) is 34.9 Å². The van der Waals surface area contributed by atoms with Gasteiger partial charge in [-0.2, -0.15) is 0 Å². The van der Waals surface area contributed by atoms with Crippen molar-refractivity contribution >= 4 is 5.91 Å². The number of nitrogens with one attached hydrogen (secondary N) is 1. The van der Waals surface area contributed by atoms with Crippen LogP contribution in [-0.2, 0) is 0 Å². The summed E-state index contributed by atoms with van der Waals surface area (Å²) in [5.41, 5.74) is 5.84. The molecule has 2 unspecified atom stereocenters. The van der Waals surface area contributed by atoms with Crippen LogP contribution >= 0.6 is 0 Å². The number of carbonyl (C=O) groups excluding carboxylic acids is 1. The van der Waals surface area contributed by atoms with Crippen LogP contribution in [0.25, 0.3) is 0 Å². The Labute approximate surface area is 119 Å². The number of aromatic nitrogens is 1. The minimum absolute atomic E-state index is 0.158. The number of carbonyl (C=O) groups is 1. The molecular formula is C15H23N3O2.